The molecule has 0 amide bonds. The van der Waals surface area contributed by atoms with Crippen LogP contribution in [0.3, 0.4) is 0 Å². The lowest BCUT2D eigenvalue weighted by molar-refractivity contribution is 0.121. The van der Waals surface area contributed by atoms with E-state index in [0.29, 0.717) is 12.1 Å². The Bertz CT molecular complexity index is 664. The summed E-state index contributed by atoms with van der Waals surface area (Å²) in [6.45, 7) is 7.18. The van der Waals surface area contributed by atoms with E-state index < -0.39 is 11.6 Å². The Morgan fingerprint density at radius 1 is 0.870 bits per heavy atom. The van der Waals surface area contributed by atoms with Crippen LogP contribution in [0.1, 0.15) is 16.7 Å². The third-order valence-electron chi connectivity index (χ3n) is 4.38. The fourth-order valence-electron chi connectivity index (χ4n) is 3.09. The van der Waals surface area contributed by atoms with Crippen LogP contribution < -0.4 is 0 Å². The fourth-order valence-corrected chi connectivity index (χ4v) is 3.09. The average Bonchev–Trinajstić information content (AvgIpc) is 2.54. The lowest BCUT2D eigenvalue weighted by atomic mass is 10.1. The zero-order valence-corrected chi connectivity index (χ0v) is 13.4. The molecule has 0 spiro atoms. The Kier molecular flexibility index (Phi) is 5.03. The van der Waals surface area contributed by atoms with Crippen LogP contribution in [-0.2, 0) is 13.1 Å². The molecule has 1 aliphatic rings. The molecule has 1 aliphatic heterocycles. The highest BCUT2D eigenvalue weighted by Crippen LogP contribution is 2.16. The third-order valence-corrected chi connectivity index (χ3v) is 4.38. The van der Waals surface area contributed by atoms with E-state index in [2.05, 4.69) is 41.0 Å². The largest absolute Gasteiger partial charge is 0.297 e. The summed E-state index contributed by atoms with van der Waals surface area (Å²) < 4.78 is 27.0. The topological polar surface area (TPSA) is 6.48 Å². The van der Waals surface area contributed by atoms with E-state index in [1.807, 2.05) is 0 Å². The molecular weight excluding hydrogens is 294 g/mol. The number of aryl methyl sites for hydroxylation is 1. The fraction of sp³-hybridized carbons (Fsp3) is 0.368. The molecule has 2 nitrogen and oxygen atoms in total. The first-order chi connectivity index (χ1) is 11.1. The maximum atomic E-state index is 13.7. The molecule has 3 rings (SSSR count). The van der Waals surface area contributed by atoms with Gasteiger partial charge in [-0.2, -0.15) is 0 Å². The van der Waals surface area contributed by atoms with Crippen molar-refractivity contribution in [3.05, 3.63) is 70.8 Å². The molecule has 1 saturated heterocycles. The smallest absolute Gasteiger partial charge is 0.163 e. The molecule has 0 N–H and O–H groups in total. The van der Waals surface area contributed by atoms with E-state index in [-0.39, 0.29) is 0 Å². The van der Waals surface area contributed by atoms with Gasteiger partial charge in [-0.05, 0) is 18.6 Å². The quantitative estimate of drug-likeness (QED) is 0.850. The Balaban J connectivity index is 1.53. The van der Waals surface area contributed by atoms with Gasteiger partial charge in [-0.15, -0.1) is 0 Å². The van der Waals surface area contributed by atoms with Gasteiger partial charge in [-0.1, -0.05) is 42.0 Å². The summed E-state index contributed by atoms with van der Waals surface area (Å²) >= 11 is 0. The molecule has 0 radical (unpaired) electrons. The van der Waals surface area contributed by atoms with Crippen molar-refractivity contribution in [2.75, 3.05) is 26.2 Å². The molecule has 0 aliphatic carbocycles. The van der Waals surface area contributed by atoms with Crippen LogP contribution in [0.25, 0.3) is 0 Å². The minimum Gasteiger partial charge on any atom is -0.297 e. The summed E-state index contributed by atoms with van der Waals surface area (Å²) in [5.41, 5.74) is 3.05. The maximum absolute atomic E-state index is 13.7. The zero-order chi connectivity index (χ0) is 16.2. The van der Waals surface area contributed by atoms with Crippen molar-refractivity contribution in [2.45, 2.75) is 20.0 Å². The minimum atomic E-state index is -0.763. The first-order valence-corrected chi connectivity index (χ1v) is 8.05. The van der Waals surface area contributed by atoms with E-state index in [9.17, 15) is 8.78 Å². The summed E-state index contributed by atoms with van der Waals surface area (Å²) in [5, 5.41) is 0. The molecule has 23 heavy (non-hydrogen) atoms. The van der Waals surface area contributed by atoms with E-state index in [1.54, 1.807) is 12.1 Å². The number of hydrogen-bond donors (Lipinski definition) is 0. The molecule has 2 aromatic carbocycles. The number of piperazine rings is 1. The van der Waals surface area contributed by atoms with E-state index >= 15 is 0 Å². The molecule has 0 bridgehead atoms. The van der Waals surface area contributed by atoms with E-state index in [4.69, 9.17) is 0 Å². The van der Waals surface area contributed by atoms with Gasteiger partial charge in [0.05, 0.1) is 0 Å². The lowest BCUT2D eigenvalue weighted by Crippen LogP contribution is -2.45. The van der Waals surface area contributed by atoms with Crippen molar-refractivity contribution in [3.8, 4) is 0 Å². The second-order valence-corrected chi connectivity index (χ2v) is 6.25. The second-order valence-electron chi connectivity index (χ2n) is 6.25. The van der Waals surface area contributed by atoms with Gasteiger partial charge < -0.3 is 0 Å². The molecule has 1 fully saturated rings. The Morgan fingerprint density at radius 3 is 2.22 bits per heavy atom. The summed E-state index contributed by atoms with van der Waals surface area (Å²) in [4.78, 5) is 4.60. The zero-order valence-electron chi connectivity index (χ0n) is 13.4. The molecule has 0 atom stereocenters. The molecule has 0 saturated carbocycles. The van der Waals surface area contributed by atoms with Gasteiger partial charge in [0.25, 0.3) is 0 Å². The third kappa shape index (κ3) is 4.15. The van der Waals surface area contributed by atoms with Crippen LogP contribution in [0.2, 0.25) is 0 Å². The number of halogens is 2. The van der Waals surface area contributed by atoms with Crippen LogP contribution in [0.5, 0.6) is 0 Å². The van der Waals surface area contributed by atoms with Crippen molar-refractivity contribution in [1.82, 2.24) is 9.80 Å². The first kappa shape index (κ1) is 16.1. The van der Waals surface area contributed by atoms with Gasteiger partial charge in [0.1, 0.15) is 0 Å². The Labute approximate surface area is 136 Å². The molecule has 4 heteroatoms. The number of hydrogen-bond acceptors (Lipinski definition) is 2. The van der Waals surface area contributed by atoms with Crippen LogP contribution in [0.4, 0.5) is 8.78 Å². The minimum absolute atomic E-state index is 0.442. The van der Waals surface area contributed by atoms with Crippen LogP contribution in [0.15, 0.2) is 42.5 Å². The van der Waals surface area contributed by atoms with Crippen LogP contribution in [0, 0.1) is 18.6 Å². The number of rotatable bonds is 4. The van der Waals surface area contributed by atoms with Gasteiger partial charge in [0.2, 0.25) is 0 Å². The predicted octanol–water partition coefficient (Wildman–Crippen LogP) is 3.59. The highest BCUT2D eigenvalue weighted by Gasteiger charge is 2.19. The summed E-state index contributed by atoms with van der Waals surface area (Å²) in [6, 6.07) is 13.0. The summed E-state index contributed by atoms with van der Waals surface area (Å²) in [7, 11) is 0. The number of benzene rings is 2. The Morgan fingerprint density at radius 2 is 1.52 bits per heavy atom. The van der Waals surface area contributed by atoms with Gasteiger partial charge in [-0.25, -0.2) is 8.78 Å². The van der Waals surface area contributed by atoms with E-state index in [1.165, 1.54) is 17.2 Å². The molecule has 2 aromatic rings. The maximum Gasteiger partial charge on any atom is 0.163 e. The first-order valence-electron chi connectivity index (χ1n) is 8.05. The molecular formula is C19H22F2N2. The molecule has 0 unspecified atom stereocenters. The van der Waals surface area contributed by atoms with Crippen LogP contribution >= 0.6 is 0 Å². The van der Waals surface area contributed by atoms with Gasteiger partial charge in [0, 0.05) is 44.8 Å². The van der Waals surface area contributed by atoms with Crippen LogP contribution in [-0.4, -0.2) is 36.0 Å². The molecule has 122 valence electrons. The SMILES string of the molecule is Cc1cccc(CN2CCN(Cc3cccc(F)c3F)CC2)c1. The van der Waals surface area contributed by atoms with Gasteiger partial charge >= 0.3 is 0 Å². The second kappa shape index (κ2) is 7.20. The molecule has 1 heterocycles. The Hall–Kier alpha value is -1.78. The average molecular weight is 316 g/mol. The highest BCUT2D eigenvalue weighted by atomic mass is 19.2. The monoisotopic (exact) mass is 316 g/mol. The summed E-state index contributed by atoms with van der Waals surface area (Å²) in [6.07, 6.45) is 0. The summed E-state index contributed by atoms with van der Waals surface area (Å²) in [5.74, 6) is -1.48. The van der Waals surface area contributed by atoms with Crippen molar-refractivity contribution >= 4 is 0 Å². The molecule has 0 aromatic heterocycles. The lowest BCUT2D eigenvalue weighted by Gasteiger charge is -2.34. The van der Waals surface area contributed by atoms with Gasteiger partial charge in [0.15, 0.2) is 11.6 Å². The van der Waals surface area contributed by atoms with Crippen molar-refractivity contribution < 1.29 is 8.78 Å². The highest BCUT2D eigenvalue weighted by molar-refractivity contribution is 5.22. The van der Waals surface area contributed by atoms with Crippen molar-refractivity contribution in [3.63, 3.8) is 0 Å². The number of nitrogens with zero attached hydrogens (tertiary/aromatic N) is 2. The van der Waals surface area contributed by atoms with E-state index in [0.717, 1.165) is 32.7 Å². The van der Waals surface area contributed by atoms with Crippen molar-refractivity contribution in [1.29, 1.82) is 0 Å². The normalized spacial score (nSPS) is 16.7. The predicted molar refractivity (Wildman–Crippen MR) is 88.1 cm³/mol. The standard InChI is InChI=1S/C19H22F2N2/c1-15-4-2-5-16(12-15)13-22-8-10-23(11-9-22)14-17-6-3-7-18(20)19(17)21/h2-7,12H,8-11,13-14H2,1H3. The van der Waals surface area contributed by atoms with Gasteiger partial charge in [-0.3, -0.25) is 9.80 Å². The van der Waals surface area contributed by atoms with Crippen molar-refractivity contribution in [2.24, 2.45) is 0 Å².